The summed E-state index contributed by atoms with van der Waals surface area (Å²) in [6, 6.07) is 2.02. The first-order valence-corrected chi connectivity index (χ1v) is 10.1. The zero-order chi connectivity index (χ0) is 20.5. The molecule has 0 fully saturated rings. The van der Waals surface area contributed by atoms with Gasteiger partial charge in [0.15, 0.2) is 0 Å². The van der Waals surface area contributed by atoms with Crippen molar-refractivity contribution in [2.45, 2.75) is 39.2 Å². The van der Waals surface area contributed by atoms with Gasteiger partial charge in [-0.25, -0.2) is 4.79 Å². The summed E-state index contributed by atoms with van der Waals surface area (Å²) in [5.41, 5.74) is 2.58. The highest BCUT2D eigenvalue weighted by Gasteiger charge is 2.30. The van der Waals surface area contributed by atoms with Crippen molar-refractivity contribution >= 4 is 32.2 Å². The molecule has 28 heavy (non-hydrogen) atoms. The molecule has 2 amide bonds. The molecule has 0 bridgehead atoms. The van der Waals surface area contributed by atoms with E-state index in [1.54, 1.807) is 9.80 Å². The van der Waals surface area contributed by atoms with Crippen molar-refractivity contribution in [3.8, 4) is 5.75 Å². The first kappa shape index (κ1) is 20.9. The molecule has 1 unspecified atom stereocenters. The molecule has 7 nitrogen and oxygen atoms in total. The van der Waals surface area contributed by atoms with Gasteiger partial charge >= 0.3 is 6.09 Å². The van der Waals surface area contributed by atoms with Crippen LogP contribution in [0.2, 0.25) is 0 Å². The monoisotopic (exact) mass is 408 g/mol. The second-order valence-electron chi connectivity index (χ2n) is 8.07. The molecule has 0 aromatic heterocycles. The van der Waals surface area contributed by atoms with Crippen molar-refractivity contribution < 1.29 is 23.8 Å². The Kier molecular flexibility index (Phi) is 6.15. The molecule has 1 atom stereocenters. The van der Waals surface area contributed by atoms with Gasteiger partial charge in [-0.2, -0.15) is 0 Å². The van der Waals surface area contributed by atoms with E-state index in [9.17, 15) is 9.59 Å². The van der Waals surface area contributed by atoms with E-state index in [4.69, 9.17) is 14.2 Å². The molecule has 1 aromatic rings. The smallest absolute Gasteiger partial charge is 0.410 e. The Morgan fingerprint density at radius 1 is 1.21 bits per heavy atom. The summed E-state index contributed by atoms with van der Waals surface area (Å²) < 4.78 is 16.4. The van der Waals surface area contributed by atoms with Crippen molar-refractivity contribution in [1.82, 2.24) is 4.90 Å². The third-order valence-electron chi connectivity index (χ3n) is 4.85. The van der Waals surface area contributed by atoms with E-state index in [0.717, 1.165) is 28.5 Å². The number of fused-ring (bicyclic) bond motifs is 2. The van der Waals surface area contributed by atoms with E-state index in [1.807, 2.05) is 26.8 Å². The Labute approximate surface area is 168 Å². The van der Waals surface area contributed by atoms with Gasteiger partial charge < -0.3 is 24.0 Å². The number of rotatable bonds is 2. The lowest BCUT2D eigenvalue weighted by molar-refractivity contribution is -0.122. The Balaban J connectivity index is 1.87. The SMILES string of the molecule is COCC(=O)N1CCOc2cc3c(c(P)c21)CCN(C(=O)OC(C)(C)C)CC3. The molecule has 1 aromatic carbocycles. The number of amides is 2. The molecule has 0 N–H and O–H groups in total. The van der Waals surface area contributed by atoms with E-state index in [1.165, 1.54) is 7.11 Å². The third kappa shape index (κ3) is 4.41. The average molecular weight is 408 g/mol. The van der Waals surface area contributed by atoms with E-state index >= 15 is 0 Å². The summed E-state index contributed by atoms with van der Waals surface area (Å²) in [4.78, 5) is 28.5. The second-order valence-corrected chi connectivity index (χ2v) is 8.65. The zero-order valence-electron chi connectivity index (χ0n) is 17.0. The average Bonchev–Trinajstić information content (AvgIpc) is 2.83. The number of hydrogen-bond acceptors (Lipinski definition) is 5. The van der Waals surface area contributed by atoms with Crippen LogP contribution in [-0.2, 0) is 27.1 Å². The molecule has 2 aliphatic rings. The van der Waals surface area contributed by atoms with E-state index in [2.05, 4.69) is 9.24 Å². The van der Waals surface area contributed by atoms with Gasteiger partial charge in [-0.3, -0.25) is 4.79 Å². The highest BCUT2D eigenvalue weighted by molar-refractivity contribution is 7.28. The maximum absolute atomic E-state index is 12.5. The predicted octanol–water partition coefficient (Wildman–Crippen LogP) is 1.89. The molecular weight excluding hydrogens is 379 g/mol. The molecule has 2 aliphatic heterocycles. The second kappa shape index (κ2) is 8.26. The third-order valence-corrected chi connectivity index (χ3v) is 5.47. The van der Waals surface area contributed by atoms with Gasteiger partial charge in [-0.1, -0.05) is 0 Å². The predicted molar refractivity (Wildman–Crippen MR) is 111 cm³/mol. The van der Waals surface area contributed by atoms with Gasteiger partial charge in [-0.15, -0.1) is 9.24 Å². The van der Waals surface area contributed by atoms with Crippen LogP contribution in [0.5, 0.6) is 5.75 Å². The van der Waals surface area contributed by atoms with Crippen LogP contribution in [0, 0.1) is 0 Å². The van der Waals surface area contributed by atoms with Gasteiger partial charge in [0.05, 0.1) is 12.2 Å². The quantitative estimate of drug-likeness (QED) is 0.700. The lowest BCUT2D eigenvalue weighted by atomic mass is 10.00. The Hall–Kier alpha value is -1.85. The number of nitrogens with zero attached hydrogens (tertiary/aromatic N) is 2. The number of carbonyl (C=O) groups is 2. The standard InChI is InChI=1S/C20H29N2O5P/c1-20(2,3)27-19(24)21-7-5-13-11-15-17(18(28)14(13)6-8-21)22(9-10-26-15)16(23)12-25-4/h11H,5-10,12,28H2,1-4H3. The highest BCUT2D eigenvalue weighted by Crippen LogP contribution is 2.36. The van der Waals surface area contributed by atoms with Crippen LogP contribution in [0.25, 0.3) is 0 Å². The molecule has 0 aliphatic carbocycles. The van der Waals surface area contributed by atoms with Crippen molar-refractivity contribution in [2.75, 3.05) is 44.9 Å². The number of anilines is 1. The maximum Gasteiger partial charge on any atom is 0.410 e. The number of hydrogen-bond donors (Lipinski definition) is 0. The normalized spacial score (nSPS) is 16.6. The number of methoxy groups -OCH3 is 1. The van der Waals surface area contributed by atoms with Crippen LogP contribution in [0.1, 0.15) is 31.9 Å². The summed E-state index contributed by atoms with van der Waals surface area (Å²) in [6.07, 6.45) is 1.13. The fraction of sp³-hybridized carbons (Fsp3) is 0.600. The largest absolute Gasteiger partial charge is 0.490 e. The first-order chi connectivity index (χ1) is 13.2. The fourth-order valence-electron chi connectivity index (χ4n) is 3.60. The van der Waals surface area contributed by atoms with Crippen LogP contribution in [0.4, 0.5) is 10.5 Å². The minimum atomic E-state index is -0.517. The van der Waals surface area contributed by atoms with Gasteiger partial charge in [-0.05, 0) is 50.8 Å². The molecule has 0 saturated carbocycles. The lowest BCUT2D eigenvalue weighted by Crippen LogP contribution is -2.42. The Morgan fingerprint density at radius 2 is 1.93 bits per heavy atom. The minimum absolute atomic E-state index is 0.0348. The molecule has 154 valence electrons. The Morgan fingerprint density at radius 3 is 2.61 bits per heavy atom. The lowest BCUT2D eigenvalue weighted by Gasteiger charge is -2.32. The summed E-state index contributed by atoms with van der Waals surface area (Å²) >= 11 is 0. The molecule has 0 radical (unpaired) electrons. The molecular formula is C20H29N2O5P. The maximum atomic E-state index is 12.5. The molecule has 8 heteroatoms. The van der Waals surface area contributed by atoms with E-state index in [0.29, 0.717) is 38.4 Å². The van der Waals surface area contributed by atoms with Crippen molar-refractivity contribution in [3.05, 3.63) is 17.2 Å². The fourth-order valence-corrected chi connectivity index (χ4v) is 4.23. The van der Waals surface area contributed by atoms with E-state index in [-0.39, 0.29) is 18.6 Å². The number of carbonyl (C=O) groups excluding carboxylic acids is 2. The van der Waals surface area contributed by atoms with Crippen molar-refractivity contribution in [1.29, 1.82) is 0 Å². The van der Waals surface area contributed by atoms with Crippen molar-refractivity contribution in [2.24, 2.45) is 0 Å². The molecule has 0 spiro atoms. The van der Waals surface area contributed by atoms with Crippen LogP contribution in [-0.4, -0.2) is 62.5 Å². The molecule has 0 saturated heterocycles. The summed E-state index contributed by atoms with van der Waals surface area (Å²) in [5, 5.41) is 0.961. The van der Waals surface area contributed by atoms with E-state index < -0.39 is 5.60 Å². The van der Waals surface area contributed by atoms with Gasteiger partial charge in [0, 0.05) is 25.5 Å². The highest BCUT2D eigenvalue weighted by atomic mass is 31.0. The first-order valence-electron chi connectivity index (χ1n) is 9.55. The van der Waals surface area contributed by atoms with Gasteiger partial charge in [0.1, 0.15) is 24.6 Å². The molecule has 3 rings (SSSR count). The van der Waals surface area contributed by atoms with Crippen LogP contribution >= 0.6 is 9.24 Å². The summed E-state index contributed by atoms with van der Waals surface area (Å²) in [5.74, 6) is 0.630. The zero-order valence-corrected chi connectivity index (χ0v) is 18.2. The van der Waals surface area contributed by atoms with Crippen LogP contribution < -0.4 is 14.9 Å². The summed E-state index contributed by atoms with van der Waals surface area (Å²) in [7, 11) is 4.29. The van der Waals surface area contributed by atoms with Gasteiger partial charge in [0.2, 0.25) is 0 Å². The molecule has 2 heterocycles. The van der Waals surface area contributed by atoms with Crippen LogP contribution in [0.15, 0.2) is 6.07 Å². The minimum Gasteiger partial charge on any atom is -0.490 e. The summed E-state index contributed by atoms with van der Waals surface area (Å²) in [6.45, 7) is 7.77. The number of benzene rings is 1. The Bertz CT molecular complexity index is 775. The van der Waals surface area contributed by atoms with Crippen molar-refractivity contribution in [3.63, 3.8) is 0 Å². The van der Waals surface area contributed by atoms with Gasteiger partial charge in [0.25, 0.3) is 5.91 Å². The topological polar surface area (TPSA) is 68.3 Å². The van der Waals surface area contributed by atoms with Crippen LogP contribution in [0.3, 0.4) is 0 Å². The number of ether oxygens (including phenoxy) is 3.